The smallest absolute Gasteiger partial charge is 0.227 e. The van der Waals surface area contributed by atoms with Gasteiger partial charge < -0.3 is 9.64 Å². The topological polar surface area (TPSA) is 46.6 Å². The van der Waals surface area contributed by atoms with E-state index in [2.05, 4.69) is 0 Å². The molecule has 1 unspecified atom stereocenters. The van der Waals surface area contributed by atoms with Crippen molar-refractivity contribution in [1.82, 2.24) is 0 Å². The minimum atomic E-state index is -0.384. The van der Waals surface area contributed by atoms with Crippen molar-refractivity contribution >= 4 is 28.5 Å². The summed E-state index contributed by atoms with van der Waals surface area (Å²) < 4.78 is 19.0. The van der Waals surface area contributed by atoms with E-state index in [0.717, 1.165) is 6.42 Å². The highest BCUT2D eigenvalue weighted by molar-refractivity contribution is 8.13. The van der Waals surface area contributed by atoms with Crippen LogP contribution in [0.3, 0.4) is 0 Å². The number of benzene rings is 1. The lowest BCUT2D eigenvalue weighted by molar-refractivity contribution is -0.117. The number of amides is 1. The van der Waals surface area contributed by atoms with Crippen LogP contribution in [0.4, 0.5) is 10.1 Å². The van der Waals surface area contributed by atoms with Crippen LogP contribution in [0.5, 0.6) is 5.75 Å². The van der Waals surface area contributed by atoms with Crippen LogP contribution in [0.1, 0.15) is 26.7 Å². The summed E-state index contributed by atoms with van der Waals surface area (Å²) in [6.45, 7) is 4.50. The summed E-state index contributed by atoms with van der Waals surface area (Å²) in [6, 6.07) is 4.23. The van der Waals surface area contributed by atoms with Gasteiger partial charge in [-0.05, 0) is 24.5 Å². The number of hydrogen-bond acceptors (Lipinski definition) is 4. The fraction of sp³-hybridized carbons (Fsp3) is 0.500. The van der Waals surface area contributed by atoms with Gasteiger partial charge >= 0.3 is 0 Å². The lowest BCUT2D eigenvalue weighted by Crippen LogP contribution is -2.25. The second-order valence-corrected chi connectivity index (χ2v) is 6.53. The van der Waals surface area contributed by atoms with E-state index in [-0.39, 0.29) is 22.8 Å². The summed E-state index contributed by atoms with van der Waals surface area (Å²) in [4.78, 5) is 24.9. The third-order valence-electron chi connectivity index (χ3n) is 3.40. The molecule has 0 radical (unpaired) electrons. The number of carbonyl (C=O) groups excluding carboxylic acids is 2. The van der Waals surface area contributed by atoms with Gasteiger partial charge in [-0.1, -0.05) is 18.7 Å². The number of rotatable bonds is 6. The molecule has 1 heterocycles. The molecule has 0 aromatic heterocycles. The third kappa shape index (κ3) is 4.22. The number of nitrogens with zero attached hydrogens (tertiary/aromatic N) is 1. The molecule has 2 rings (SSSR count). The van der Waals surface area contributed by atoms with Crippen LogP contribution in [0, 0.1) is 11.7 Å². The molecule has 0 aliphatic carbocycles. The standard InChI is InChI=1S/C16H20FNO3S/c1-3-6-21-15-8-13(17)4-5-14(15)18-9-12(7-16(18)20)10-22-11(2)19/h4-5,8,12H,3,6-7,9-10H2,1-2H3. The Morgan fingerprint density at radius 3 is 2.95 bits per heavy atom. The minimum absolute atomic E-state index is 0.0119. The van der Waals surface area contributed by atoms with Crippen molar-refractivity contribution in [1.29, 1.82) is 0 Å². The second kappa shape index (κ2) is 7.63. The Morgan fingerprint density at radius 1 is 1.50 bits per heavy atom. The molecule has 1 aliphatic rings. The average molecular weight is 325 g/mol. The molecular formula is C16H20FNO3S. The maximum atomic E-state index is 13.4. The Bertz CT molecular complexity index is 564. The molecule has 1 saturated heterocycles. The third-order valence-corrected chi connectivity index (χ3v) is 4.45. The molecule has 1 aromatic carbocycles. The number of anilines is 1. The van der Waals surface area contributed by atoms with Crippen molar-refractivity contribution < 1.29 is 18.7 Å². The van der Waals surface area contributed by atoms with Gasteiger partial charge in [-0.2, -0.15) is 0 Å². The molecule has 1 atom stereocenters. The Morgan fingerprint density at radius 2 is 2.27 bits per heavy atom. The van der Waals surface area contributed by atoms with Gasteiger partial charge in [-0.25, -0.2) is 4.39 Å². The first-order valence-electron chi connectivity index (χ1n) is 7.37. The highest BCUT2D eigenvalue weighted by atomic mass is 32.2. The van der Waals surface area contributed by atoms with Crippen molar-refractivity contribution in [2.45, 2.75) is 26.7 Å². The number of halogens is 1. The summed E-state index contributed by atoms with van der Waals surface area (Å²) in [6.07, 6.45) is 1.21. The molecule has 6 heteroatoms. The van der Waals surface area contributed by atoms with Crippen LogP contribution in [-0.2, 0) is 9.59 Å². The van der Waals surface area contributed by atoms with Gasteiger partial charge in [0, 0.05) is 31.7 Å². The summed E-state index contributed by atoms with van der Waals surface area (Å²) in [7, 11) is 0. The van der Waals surface area contributed by atoms with Crippen LogP contribution >= 0.6 is 11.8 Å². The Labute approximate surface area is 134 Å². The number of hydrogen-bond donors (Lipinski definition) is 0. The fourth-order valence-corrected chi connectivity index (χ4v) is 3.09. The SMILES string of the molecule is CCCOc1cc(F)ccc1N1CC(CSC(C)=O)CC1=O. The van der Waals surface area contributed by atoms with Crippen molar-refractivity contribution in [3.05, 3.63) is 24.0 Å². The minimum Gasteiger partial charge on any atom is -0.491 e. The quantitative estimate of drug-likeness (QED) is 0.805. The molecule has 0 bridgehead atoms. The zero-order valence-electron chi connectivity index (χ0n) is 12.8. The van der Waals surface area contributed by atoms with Crippen LogP contribution in [0.2, 0.25) is 0 Å². The van der Waals surface area contributed by atoms with E-state index in [1.54, 1.807) is 11.0 Å². The molecule has 120 valence electrons. The highest BCUT2D eigenvalue weighted by Gasteiger charge is 2.32. The summed E-state index contributed by atoms with van der Waals surface area (Å²) >= 11 is 1.24. The fourth-order valence-electron chi connectivity index (χ4n) is 2.40. The highest BCUT2D eigenvalue weighted by Crippen LogP contribution is 2.34. The van der Waals surface area contributed by atoms with Gasteiger partial charge in [0.1, 0.15) is 11.6 Å². The molecule has 4 nitrogen and oxygen atoms in total. The van der Waals surface area contributed by atoms with Crippen LogP contribution in [-0.4, -0.2) is 29.9 Å². The van der Waals surface area contributed by atoms with E-state index in [4.69, 9.17) is 4.74 Å². The zero-order valence-corrected chi connectivity index (χ0v) is 13.6. The van der Waals surface area contributed by atoms with Crippen LogP contribution in [0.15, 0.2) is 18.2 Å². The van der Waals surface area contributed by atoms with Gasteiger partial charge in [0.15, 0.2) is 5.12 Å². The molecule has 1 fully saturated rings. The molecule has 0 spiro atoms. The van der Waals surface area contributed by atoms with Gasteiger partial charge in [-0.15, -0.1) is 0 Å². The first-order valence-corrected chi connectivity index (χ1v) is 8.36. The van der Waals surface area contributed by atoms with Gasteiger partial charge in [0.05, 0.1) is 12.3 Å². The maximum Gasteiger partial charge on any atom is 0.227 e. The number of thioether (sulfide) groups is 1. The summed E-state index contributed by atoms with van der Waals surface area (Å²) in [5.74, 6) is 0.761. The molecule has 1 amide bonds. The summed E-state index contributed by atoms with van der Waals surface area (Å²) in [5, 5.41) is 0.0552. The van der Waals surface area contributed by atoms with Gasteiger partial charge in [-0.3, -0.25) is 9.59 Å². The predicted molar refractivity (Wildman–Crippen MR) is 85.8 cm³/mol. The average Bonchev–Trinajstić information content (AvgIpc) is 2.84. The molecule has 22 heavy (non-hydrogen) atoms. The molecule has 1 aromatic rings. The maximum absolute atomic E-state index is 13.4. The molecule has 1 aliphatic heterocycles. The lowest BCUT2D eigenvalue weighted by atomic mass is 10.1. The first kappa shape index (κ1) is 16.8. The number of ether oxygens (including phenoxy) is 1. The lowest BCUT2D eigenvalue weighted by Gasteiger charge is -2.20. The van der Waals surface area contributed by atoms with Crippen molar-refractivity contribution in [3.8, 4) is 5.75 Å². The van der Waals surface area contributed by atoms with E-state index in [9.17, 15) is 14.0 Å². The van der Waals surface area contributed by atoms with Crippen LogP contribution in [0.25, 0.3) is 0 Å². The van der Waals surface area contributed by atoms with Crippen LogP contribution < -0.4 is 9.64 Å². The van der Waals surface area contributed by atoms with Gasteiger partial charge in [0.2, 0.25) is 5.91 Å². The van der Waals surface area contributed by atoms with E-state index < -0.39 is 0 Å². The largest absolute Gasteiger partial charge is 0.491 e. The predicted octanol–water partition coefficient (Wildman–Crippen LogP) is 3.25. The zero-order chi connectivity index (χ0) is 16.1. The van der Waals surface area contributed by atoms with E-state index in [1.165, 1.54) is 30.8 Å². The summed E-state index contributed by atoms with van der Waals surface area (Å²) in [5.41, 5.74) is 0.607. The Hall–Kier alpha value is -1.56. The van der Waals surface area contributed by atoms with E-state index in [0.29, 0.717) is 36.8 Å². The van der Waals surface area contributed by atoms with Gasteiger partial charge in [0.25, 0.3) is 0 Å². The van der Waals surface area contributed by atoms with Crippen molar-refractivity contribution in [2.75, 3.05) is 23.8 Å². The monoisotopic (exact) mass is 325 g/mol. The molecule has 0 saturated carbocycles. The van der Waals surface area contributed by atoms with E-state index >= 15 is 0 Å². The first-order chi connectivity index (χ1) is 10.5. The number of carbonyl (C=O) groups is 2. The Balaban J connectivity index is 2.13. The van der Waals surface area contributed by atoms with E-state index in [1.807, 2.05) is 6.92 Å². The normalized spacial score (nSPS) is 17.9. The second-order valence-electron chi connectivity index (χ2n) is 5.34. The van der Waals surface area contributed by atoms with Crippen molar-refractivity contribution in [2.24, 2.45) is 5.92 Å². The van der Waals surface area contributed by atoms with Crippen molar-refractivity contribution in [3.63, 3.8) is 0 Å². The molecular weight excluding hydrogens is 305 g/mol. The molecule has 0 N–H and O–H groups in total. The Kier molecular flexibility index (Phi) is 5.83.